The van der Waals surface area contributed by atoms with Gasteiger partial charge in [-0.05, 0) is 44.4 Å². The Morgan fingerprint density at radius 3 is 2.00 bits per heavy atom. The van der Waals surface area contributed by atoms with Crippen LogP contribution in [-0.4, -0.2) is 23.1 Å². The maximum atomic E-state index is 11.6. The van der Waals surface area contributed by atoms with Gasteiger partial charge in [0.25, 0.3) is 0 Å². The van der Waals surface area contributed by atoms with E-state index in [0.717, 1.165) is 6.42 Å². The molecule has 0 heterocycles. The van der Waals surface area contributed by atoms with E-state index in [-0.39, 0.29) is 17.6 Å². The number of hydrogen-bond acceptors (Lipinski definition) is 3. The van der Waals surface area contributed by atoms with Crippen molar-refractivity contribution in [1.82, 2.24) is 0 Å². The molecule has 4 heteroatoms. The van der Waals surface area contributed by atoms with E-state index >= 15 is 0 Å². The van der Waals surface area contributed by atoms with Gasteiger partial charge in [-0.25, -0.2) is 9.59 Å². The Labute approximate surface area is 134 Å². The molecule has 0 spiro atoms. The van der Waals surface area contributed by atoms with Crippen molar-refractivity contribution >= 4 is 11.9 Å². The highest BCUT2D eigenvalue weighted by atomic mass is 16.5. The normalized spacial score (nSPS) is 24.0. The summed E-state index contributed by atoms with van der Waals surface area (Å²) < 4.78 is 5.56. The number of esters is 1. The lowest BCUT2D eigenvalue weighted by molar-refractivity contribution is -0.151. The first-order chi connectivity index (χ1) is 10.1. The van der Waals surface area contributed by atoms with Crippen molar-refractivity contribution in [2.24, 2.45) is 17.8 Å². The van der Waals surface area contributed by atoms with Crippen LogP contribution in [0.2, 0.25) is 0 Å². The second-order valence-corrected chi connectivity index (χ2v) is 6.64. The van der Waals surface area contributed by atoms with Crippen molar-refractivity contribution in [2.75, 3.05) is 0 Å². The Morgan fingerprint density at radius 1 is 1.14 bits per heavy atom. The molecule has 0 radical (unpaired) electrons. The van der Waals surface area contributed by atoms with E-state index in [0.29, 0.717) is 23.3 Å². The molecule has 1 aliphatic carbocycles. The Morgan fingerprint density at radius 2 is 1.64 bits per heavy atom. The van der Waals surface area contributed by atoms with Gasteiger partial charge in [-0.1, -0.05) is 40.3 Å². The molecule has 0 amide bonds. The molecule has 0 aromatic rings. The Kier molecular flexibility index (Phi) is 8.76. The highest BCUT2D eigenvalue weighted by Gasteiger charge is 2.33. The number of carbonyl (C=O) groups is 2. The number of carboxylic acids is 1. The number of carboxylic acid groups (broad SMARTS) is 1. The quantitative estimate of drug-likeness (QED) is 0.624. The number of hydrogen-bond donors (Lipinski definition) is 1. The molecule has 0 aromatic carbocycles. The first kappa shape index (κ1) is 20.4. The molecule has 0 saturated heterocycles. The first-order valence-electron chi connectivity index (χ1n) is 7.81. The summed E-state index contributed by atoms with van der Waals surface area (Å²) in [6.07, 6.45) is 3.52. The monoisotopic (exact) mass is 310 g/mol. The standard InChI is InChI=1S/C14H24O2.C4H6O2/c1-9(2)12-7-6-11(5)8-13(12)16-14(15)10(3)4;1-3(2)4(5)6/h9,11-13H,3,6-8H2,1-2,4-5H3;1H2,2H3,(H,5,6). The van der Waals surface area contributed by atoms with Crippen LogP contribution in [0.1, 0.15) is 53.9 Å². The summed E-state index contributed by atoms with van der Waals surface area (Å²) in [6, 6.07) is 0. The molecule has 0 aromatic heterocycles. The topological polar surface area (TPSA) is 63.6 Å². The lowest BCUT2D eigenvalue weighted by atomic mass is 9.75. The van der Waals surface area contributed by atoms with E-state index in [4.69, 9.17) is 9.84 Å². The third-order valence-electron chi connectivity index (χ3n) is 3.93. The molecule has 1 saturated carbocycles. The lowest BCUT2D eigenvalue weighted by Crippen LogP contribution is -2.35. The average molecular weight is 310 g/mol. The minimum Gasteiger partial charge on any atom is -0.478 e. The largest absolute Gasteiger partial charge is 0.478 e. The fraction of sp³-hybridized carbons (Fsp3) is 0.667. The van der Waals surface area contributed by atoms with Crippen LogP contribution in [0.15, 0.2) is 24.3 Å². The molecule has 1 rings (SSSR count). The Bertz CT molecular complexity index is 411. The van der Waals surface area contributed by atoms with Crippen LogP contribution in [0.25, 0.3) is 0 Å². The highest BCUT2D eigenvalue weighted by Crippen LogP contribution is 2.35. The van der Waals surface area contributed by atoms with Crippen LogP contribution in [0.5, 0.6) is 0 Å². The lowest BCUT2D eigenvalue weighted by Gasteiger charge is -2.36. The van der Waals surface area contributed by atoms with Gasteiger partial charge in [0.15, 0.2) is 0 Å². The summed E-state index contributed by atoms with van der Waals surface area (Å²) in [5.41, 5.74) is 0.677. The number of rotatable bonds is 4. The van der Waals surface area contributed by atoms with E-state index in [2.05, 4.69) is 33.9 Å². The SMILES string of the molecule is C=C(C)C(=O)O.C=C(C)C(=O)OC1CC(C)CCC1C(C)C. The zero-order valence-corrected chi connectivity index (χ0v) is 14.5. The van der Waals surface area contributed by atoms with Crippen LogP contribution < -0.4 is 0 Å². The minimum atomic E-state index is -0.935. The Balaban J connectivity index is 0.000000626. The zero-order chi connectivity index (χ0) is 17.4. The van der Waals surface area contributed by atoms with Crippen molar-refractivity contribution in [3.8, 4) is 0 Å². The summed E-state index contributed by atoms with van der Waals surface area (Å²) in [4.78, 5) is 21.2. The summed E-state index contributed by atoms with van der Waals surface area (Å²) in [6.45, 7) is 16.6. The first-order valence-corrected chi connectivity index (χ1v) is 7.81. The van der Waals surface area contributed by atoms with E-state index < -0.39 is 5.97 Å². The summed E-state index contributed by atoms with van der Waals surface area (Å²) in [7, 11) is 0. The zero-order valence-electron chi connectivity index (χ0n) is 14.5. The van der Waals surface area contributed by atoms with E-state index in [9.17, 15) is 9.59 Å². The molecule has 1 N–H and O–H groups in total. The molecule has 1 aliphatic rings. The van der Waals surface area contributed by atoms with E-state index in [1.807, 2.05) is 0 Å². The predicted molar refractivity (Wildman–Crippen MR) is 88.5 cm³/mol. The smallest absolute Gasteiger partial charge is 0.333 e. The van der Waals surface area contributed by atoms with E-state index in [1.54, 1.807) is 6.92 Å². The molecule has 0 aliphatic heterocycles. The van der Waals surface area contributed by atoms with Crippen LogP contribution in [-0.2, 0) is 14.3 Å². The predicted octanol–water partition coefficient (Wildman–Crippen LogP) is 4.21. The number of carbonyl (C=O) groups excluding carboxylic acids is 1. The van der Waals surface area contributed by atoms with Crippen molar-refractivity contribution in [3.63, 3.8) is 0 Å². The van der Waals surface area contributed by atoms with E-state index in [1.165, 1.54) is 19.8 Å². The highest BCUT2D eigenvalue weighted by molar-refractivity contribution is 5.87. The fourth-order valence-electron chi connectivity index (χ4n) is 2.49. The molecule has 126 valence electrons. The molecular weight excluding hydrogens is 280 g/mol. The van der Waals surface area contributed by atoms with Crippen LogP contribution in [0.4, 0.5) is 0 Å². The molecular formula is C18H30O4. The summed E-state index contributed by atoms with van der Waals surface area (Å²) in [5, 5.41) is 7.89. The molecule has 22 heavy (non-hydrogen) atoms. The molecule has 3 atom stereocenters. The van der Waals surface area contributed by atoms with Gasteiger partial charge in [-0.15, -0.1) is 0 Å². The van der Waals surface area contributed by atoms with Crippen LogP contribution >= 0.6 is 0 Å². The van der Waals surface area contributed by atoms with Gasteiger partial charge >= 0.3 is 11.9 Å². The minimum absolute atomic E-state index is 0.0907. The fourth-order valence-corrected chi connectivity index (χ4v) is 2.49. The number of ether oxygens (including phenoxy) is 1. The summed E-state index contributed by atoms with van der Waals surface area (Å²) >= 11 is 0. The molecule has 3 unspecified atom stereocenters. The number of aliphatic carboxylic acids is 1. The van der Waals surface area contributed by atoms with Crippen molar-refractivity contribution < 1.29 is 19.4 Å². The second-order valence-electron chi connectivity index (χ2n) is 6.64. The maximum Gasteiger partial charge on any atom is 0.333 e. The van der Waals surface area contributed by atoms with Gasteiger partial charge < -0.3 is 9.84 Å². The van der Waals surface area contributed by atoms with Crippen LogP contribution in [0.3, 0.4) is 0 Å². The van der Waals surface area contributed by atoms with Gasteiger partial charge in [0.2, 0.25) is 0 Å². The average Bonchev–Trinajstić information content (AvgIpc) is 2.38. The van der Waals surface area contributed by atoms with Crippen molar-refractivity contribution in [3.05, 3.63) is 24.3 Å². The third kappa shape index (κ3) is 7.43. The third-order valence-corrected chi connectivity index (χ3v) is 3.93. The van der Waals surface area contributed by atoms with Gasteiger partial charge in [-0.2, -0.15) is 0 Å². The van der Waals surface area contributed by atoms with Gasteiger partial charge in [-0.3, -0.25) is 0 Å². The molecule has 0 bridgehead atoms. The molecule has 4 nitrogen and oxygen atoms in total. The van der Waals surface area contributed by atoms with Gasteiger partial charge in [0, 0.05) is 11.1 Å². The van der Waals surface area contributed by atoms with Gasteiger partial charge in [0.05, 0.1) is 0 Å². The van der Waals surface area contributed by atoms with Crippen LogP contribution in [0, 0.1) is 17.8 Å². The van der Waals surface area contributed by atoms with Gasteiger partial charge in [0.1, 0.15) is 6.10 Å². The second kappa shape index (κ2) is 9.44. The molecule has 1 fully saturated rings. The van der Waals surface area contributed by atoms with Crippen molar-refractivity contribution in [2.45, 2.75) is 60.0 Å². The Hall–Kier alpha value is -1.58. The summed E-state index contributed by atoms with van der Waals surface area (Å²) in [5.74, 6) is 0.590. The van der Waals surface area contributed by atoms with Crippen molar-refractivity contribution in [1.29, 1.82) is 0 Å². The maximum absolute atomic E-state index is 11.6.